The Morgan fingerprint density at radius 2 is 1.28 bits per heavy atom. The number of phenols is 4. The fourth-order valence-corrected chi connectivity index (χ4v) is 3.34. The molecule has 0 amide bonds. The second kappa shape index (κ2) is 6.70. The maximum absolute atomic E-state index is 10.3. The number of rotatable bonds is 3. The average Bonchev–Trinajstić information content (AvgIpc) is 2.44. The first-order valence-electron chi connectivity index (χ1n) is 7.94. The molecule has 0 heterocycles. The summed E-state index contributed by atoms with van der Waals surface area (Å²) in [6.45, 7) is 0. The Morgan fingerprint density at radius 1 is 0.720 bits per heavy atom. The SMILES string of the molecule is Oc1cc(O)cc(Oc2cc(O)cc(O)c2C2CC(O)CC(O)C2)c1. The number of aromatic hydroxyl groups is 4. The summed E-state index contributed by atoms with van der Waals surface area (Å²) >= 11 is 0. The van der Waals surface area contributed by atoms with Gasteiger partial charge < -0.3 is 35.4 Å². The van der Waals surface area contributed by atoms with E-state index >= 15 is 0 Å². The lowest BCUT2D eigenvalue weighted by atomic mass is 9.80. The first kappa shape index (κ1) is 17.2. The predicted octanol–water partition coefficient (Wildman–Crippen LogP) is 2.29. The van der Waals surface area contributed by atoms with Gasteiger partial charge in [-0.3, -0.25) is 0 Å². The van der Waals surface area contributed by atoms with E-state index in [1.54, 1.807) is 0 Å². The second-order valence-electron chi connectivity index (χ2n) is 6.38. The van der Waals surface area contributed by atoms with Crippen molar-refractivity contribution in [3.8, 4) is 34.5 Å². The van der Waals surface area contributed by atoms with Crippen molar-refractivity contribution in [1.82, 2.24) is 0 Å². The van der Waals surface area contributed by atoms with Gasteiger partial charge in [-0.15, -0.1) is 0 Å². The number of ether oxygens (including phenoxy) is 1. The number of hydrogen-bond donors (Lipinski definition) is 6. The van der Waals surface area contributed by atoms with Crippen LogP contribution in [-0.2, 0) is 0 Å². The molecular formula is C18H20O7. The molecule has 7 heteroatoms. The molecule has 134 valence electrons. The van der Waals surface area contributed by atoms with E-state index in [2.05, 4.69) is 0 Å². The van der Waals surface area contributed by atoms with E-state index < -0.39 is 12.2 Å². The van der Waals surface area contributed by atoms with Gasteiger partial charge in [-0.05, 0) is 25.2 Å². The topological polar surface area (TPSA) is 131 Å². The first-order chi connectivity index (χ1) is 11.8. The van der Waals surface area contributed by atoms with E-state index in [4.69, 9.17) is 4.74 Å². The molecule has 2 aromatic rings. The van der Waals surface area contributed by atoms with Crippen molar-refractivity contribution >= 4 is 0 Å². The summed E-state index contributed by atoms with van der Waals surface area (Å²) in [5.41, 5.74) is 0.346. The molecule has 3 rings (SSSR count). The van der Waals surface area contributed by atoms with Crippen LogP contribution in [0.3, 0.4) is 0 Å². The van der Waals surface area contributed by atoms with Crippen molar-refractivity contribution in [2.45, 2.75) is 37.4 Å². The molecule has 2 atom stereocenters. The van der Waals surface area contributed by atoms with Crippen LogP contribution in [0.5, 0.6) is 34.5 Å². The standard InChI is InChI=1S/C18H20O7/c19-10-1-9(2-11(20)3-10)18-16(24)7-14(23)8-17(18)25-15-5-12(21)4-13(22)6-15/h4-11,19-24H,1-3H2. The van der Waals surface area contributed by atoms with Gasteiger partial charge in [0.15, 0.2) is 0 Å². The summed E-state index contributed by atoms with van der Waals surface area (Å²) < 4.78 is 5.65. The van der Waals surface area contributed by atoms with Crippen molar-refractivity contribution in [3.05, 3.63) is 35.9 Å². The lowest BCUT2D eigenvalue weighted by Gasteiger charge is -2.31. The Bertz CT molecular complexity index is 744. The van der Waals surface area contributed by atoms with E-state index in [-0.39, 0.29) is 46.8 Å². The van der Waals surface area contributed by atoms with Gasteiger partial charge >= 0.3 is 0 Å². The number of phenolic OH excluding ortho intramolecular Hbond substituents is 4. The molecule has 2 unspecified atom stereocenters. The van der Waals surface area contributed by atoms with E-state index in [1.807, 2.05) is 0 Å². The number of hydrogen-bond acceptors (Lipinski definition) is 7. The van der Waals surface area contributed by atoms with Crippen LogP contribution < -0.4 is 4.74 Å². The van der Waals surface area contributed by atoms with Crippen LogP contribution in [0.25, 0.3) is 0 Å². The number of aliphatic hydroxyl groups is 2. The van der Waals surface area contributed by atoms with Crippen LogP contribution in [0.1, 0.15) is 30.7 Å². The Labute approximate surface area is 144 Å². The van der Waals surface area contributed by atoms with E-state index in [0.717, 1.165) is 12.1 Å². The lowest BCUT2D eigenvalue weighted by Crippen LogP contribution is -2.28. The zero-order chi connectivity index (χ0) is 18.1. The highest BCUT2D eigenvalue weighted by Crippen LogP contribution is 2.46. The molecule has 1 aliphatic rings. The zero-order valence-electron chi connectivity index (χ0n) is 13.3. The number of aliphatic hydroxyl groups excluding tert-OH is 2. The van der Waals surface area contributed by atoms with Crippen LogP contribution in [0.15, 0.2) is 30.3 Å². The Morgan fingerprint density at radius 3 is 1.88 bits per heavy atom. The van der Waals surface area contributed by atoms with E-state index in [0.29, 0.717) is 18.4 Å². The van der Waals surface area contributed by atoms with Crippen LogP contribution in [0.4, 0.5) is 0 Å². The summed E-state index contributed by atoms with van der Waals surface area (Å²) in [6, 6.07) is 6.14. The van der Waals surface area contributed by atoms with Gasteiger partial charge in [-0.2, -0.15) is 0 Å². The molecule has 0 aromatic heterocycles. The molecule has 0 aliphatic heterocycles. The Balaban J connectivity index is 2.00. The molecule has 7 nitrogen and oxygen atoms in total. The molecule has 0 radical (unpaired) electrons. The first-order valence-corrected chi connectivity index (χ1v) is 7.94. The maximum Gasteiger partial charge on any atom is 0.138 e. The summed E-state index contributed by atoms with van der Waals surface area (Å²) in [7, 11) is 0. The van der Waals surface area contributed by atoms with Gasteiger partial charge in [0.1, 0.15) is 34.5 Å². The Kier molecular flexibility index (Phi) is 4.61. The predicted molar refractivity (Wildman–Crippen MR) is 88.2 cm³/mol. The highest BCUT2D eigenvalue weighted by Gasteiger charge is 2.31. The van der Waals surface area contributed by atoms with Gasteiger partial charge in [0.2, 0.25) is 0 Å². The van der Waals surface area contributed by atoms with Gasteiger partial charge in [-0.25, -0.2) is 0 Å². The van der Waals surface area contributed by atoms with Crippen LogP contribution in [-0.4, -0.2) is 42.8 Å². The van der Waals surface area contributed by atoms with Crippen molar-refractivity contribution in [2.24, 2.45) is 0 Å². The van der Waals surface area contributed by atoms with Crippen molar-refractivity contribution in [2.75, 3.05) is 0 Å². The van der Waals surface area contributed by atoms with E-state index in [1.165, 1.54) is 18.2 Å². The molecule has 2 aromatic carbocycles. The molecule has 25 heavy (non-hydrogen) atoms. The molecule has 1 fully saturated rings. The highest BCUT2D eigenvalue weighted by molar-refractivity contribution is 5.54. The summed E-state index contributed by atoms with van der Waals surface area (Å²) in [4.78, 5) is 0. The monoisotopic (exact) mass is 348 g/mol. The third kappa shape index (κ3) is 3.89. The number of benzene rings is 2. The van der Waals surface area contributed by atoms with Crippen LogP contribution in [0.2, 0.25) is 0 Å². The Hall–Kier alpha value is -2.64. The average molecular weight is 348 g/mol. The minimum absolute atomic E-state index is 0.112. The molecule has 0 bridgehead atoms. The smallest absolute Gasteiger partial charge is 0.138 e. The minimum atomic E-state index is -0.709. The second-order valence-corrected chi connectivity index (χ2v) is 6.38. The largest absolute Gasteiger partial charge is 0.508 e. The van der Waals surface area contributed by atoms with Crippen molar-refractivity contribution < 1.29 is 35.4 Å². The lowest BCUT2D eigenvalue weighted by molar-refractivity contribution is 0.0300. The van der Waals surface area contributed by atoms with Crippen molar-refractivity contribution in [1.29, 1.82) is 0 Å². The molecule has 1 aliphatic carbocycles. The molecular weight excluding hydrogens is 328 g/mol. The third-order valence-corrected chi connectivity index (χ3v) is 4.27. The summed E-state index contributed by atoms with van der Waals surface area (Å²) in [5.74, 6) is -0.994. The summed E-state index contributed by atoms with van der Waals surface area (Å²) in [6.07, 6.45) is -0.487. The van der Waals surface area contributed by atoms with Gasteiger partial charge in [-0.1, -0.05) is 0 Å². The maximum atomic E-state index is 10.3. The fraction of sp³-hybridized carbons (Fsp3) is 0.333. The van der Waals surface area contributed by atoms with Gasteiger partial charge in [0.25, 0.3) is 0 Å². The molecule has 1 saturated carbocycles. The van der Waals surface area contributed by atoms with E-state index in [9.17, 15) is 30.6 Å². The quantitative estimate of drug-likeness (QED) is 0.502. The van der Waals surface area contributed by atoms with Gasteiger partial charge in [0.05, 0.1) is 12.2 Å². The fourth-order valence-electron chi connectivity index (χ4n) is 3.34. The highest BCUT2D eigenvalue weighted by atomic mass is 16.5. The molecule has 0 spiro atoms. The van der Waals surface area contributed by atoms with Crippen LogP contribution >= 0.6 is 0 Å². The summed E-state index contributed by atoms with van der Waals surface area (Å²) in [5, 5.41) is 59.0. The normalized spacial score (nSPS) is 23.4. The third-order valence-electron chi connectivity index (χ3n) is 4.27. The molecule has 6 N–H and O–H groups in total. The minimum Gasteiger partial charge on any atom is -0.508 e. The zero-order valence-corrected chi connectivity index (χ0v) is 13.3. The molecule has 0 saturated heterocycles. The van der Waals surface area contributed by atoms with Crippen LogP contribution in [0, 0.1) is 0 Å². The van der Waals surface area contributed by atoms with Crippen molar-refractivity contribution in [3.63, 3.8) is 0 Å². The van der Waals surface area contributed by atoms with Gasteiger partial charge in [0, 0.05) is 35.9 Å².